The molecule has 1 aliphatic heterocycles. The Kier molecular flexibility index (Phi) is 12.3. The Morgan fingerprint density at radius 3 is 2.09 bits per heavy atom. The average Bonchev–Trinajstić information content (AvgIpc) is 3.05. The van der Waals surface area contributed by atoms with Gasteiger partial charge in [-0.05, 0) is 12.8 Å². The van der Waals surface area contributed by atoms with Gasteiger partial charge in [0, 0.05) is 6.42 Å². The quantitative estimate of drug-likeness (QED) is 0.305. The van der Waals surface area contributed by atoms with Gasteiger partial charge in [0.1, 0.15) is 6.10 Å². The normalized spacial score (nSPS) is 19.0. The number of hydrogen-bond acceptors (Lipinski definition) is 3. The van der Waals surface area contributed by atoms with Crippen LogP contribution in [0.1, 0.15) is 97.3 Å². The lowest BCUT2D eigenvalue weighted by molar-refractivity contribution is -0.154. The number of rotatable bonds is 14. The molecule has 1 heterocycles. The van der Waals surface area contributed by atoms with Crippen molar-refractivity contribution in [3.8, 4) is 0 Å². The highest BCUT2D eigenvalue weighted by atomic mass is 16.6. The maximum Gasteiger partial charge on any atom is 0.309 e. The number of hydrogen-bond donors (Lipinski definition) is 0. The van der Waals surface area contributed by atoms with Crippen LogP contribution in [-0.2, 0) is 14.3 Å². The summed E-state index contributed by atoms with van der Waals surface area (Å²) in [6, 6.07) is 0. The number of esters is 1. The number of ether oxygens (including phenoxy) is 2. The molecule has 0 aromatic heterocycles. The van der Waals surface area contributed by atoms with E-state index in [0.29, 0.717) is 6.61 Å². The fourth-order valence-corrected chi connectivity index (χ4v) is 3.23. The summed E-state index contributed by atoms with van der Waals surface area (Å²) in [5, 5.41) is 0. The second kappa shape index (κ2) is 13.8. The molecule has 0 aliphatic carbocycles. The summed E-state index contributed by atoms with van der Waals surface area (Å²) < 4.78 is 11.0. The highest BCUT2D eigenvalue weighted by molar-refractivity contribution is 5.72. The maximum atomic E-state index is 12.5. The molecule has 0 aromatic rings. The highest BCUT2D eigenvalue weighted by Crippen LogP contribution is 2.22. The highest BCUT2D eigenvalue weighted by Gasteiger charge is 2.25. The van der Waals surface area contributed by atoms with E-state index in [1.807, 2.05) is 0 Å². The monoisotopic (exact) mass is 326 g/mol. The minimum atomic E-state index is 0.00481. The summed E-state index contributed by atoms with van der Waals surface area (Å²) >= 11 is 0. The lowest BCUT2D eigenvalue weighted by Crippen LogP contribution is -2.24. The summed E-state index contributed by atoms with van der Waals surface area (Å²) in [6.07, 6.45) is 15.5. The molecule has 1 saturated heterocycles. The molecule has 1 aliphatic rings. The van der Waals surface area contributed by atoms with Crippen LogP contribution in [0.5, 0.6) is 0 Å². The van der Waals surface area contributed by atoms with Gasteiger partial charge in [0.15, 0.2) is 0 Å². The molecule has 23 heavy (non-hydrogen) atoms. The maximum absolute atomic E-state index is 12.5. The van der Waals surface area contributed by atoms with E-state index in [4.69, 9.17) is 9.47 Å². The van der Waals surface area contributed by atoms with Crippen LogP contribution in [0.2, 0.25) is 0 Å². The molecular formula is C20H38O3. The molecule has 3 nitrogen and oxygen atoms in total. The second-order valence-electron chi connectivity index (χ2n) is 7.03. The predicted octanol–water partition coefficient (Wildman–Crippen LogP) is 5.66. The van der Waals surface area contributed by atoms with Gasteiger partial charge in [-0.1, -0.05) is 78.1 Å². The Morgan fingerprint density at radius 2 is 1.52 bits per heavy atom. The van der Waals surface area contributed by atoms with E-state index in [0.717, 1.165) is 32.3 Å². The van der Waals surface area contributed by atoms with Crippen LogP contribution in [0.15, 0.2) is 0 Å². The summed E-state index contributed by atoms with van der Waals surface area (Å²) in [7, 11) is 0. The average molecular weight is 327 g/mol. The minimum Gasteiger partial charge on any atom is -0.460 e. The van der Waals surface area contributed by atoms with Crippen LogP contribution in [0.4, 0.5) is 0 Å². The molecule has 0 bridgehead atoms. The first-order valence-corrected chi connectivity index (χ1v) is 10.1. The van der Waals surface area contributed by atoms with Gasteiger partial charge in [-0.25, -0.2) is 0 Å². The summed E-state index contributed by atoms with van der Waals surface area (Å²) in [5.41, 5.74) is 0. The molecule has 0 spiro atoms. The van der Waals surface area contributed by atoms with Crippen molar-refractivity contribution in [2.45, 2.75) is 103 Å². The van der Waals surface area contributed by atoms with Crippen molar-refractivity contribution in [3.05, 3.63) is 0 Å². The first-order valence-electron chi connectivity index (χ1n) is 10.1. The lowest BCUT2D eigenvalue weighted by atomic mass is 9.94. The number of unbranched alkanes of at least 4 members (excludes halogenated alkanes) is 8. The Hall–Kier alpha value is -0.570. The topological polar surface area (TPSA) is 35.5 Å². The van der Waals surface area contributed by atoms with Crippen molar-refractivity contribution in [1.82, 2.24) is 0 Å². The van der Waals surface area contributed by atoms with Gasteiger partial charge in [0.2, 0.25) is 0 Å². The molecule has 1 unspecified atom stereocenters. The van der Waals surface area contributed by atoms with Crippen molar-refractivity contribution in [2.24, 2.45) is 5.92 Å². The Bertz CT molecular complexity index is 285. The zero-order valence-electron chi connectivity index (χ0n) is 15.5. The van der Waals surface area contributed by atoms with E-state index >= 15 is 0 Å². The predicted molar refractivity (Wildman–Crippen MR) is 95.6 cm³/mol. The van der Waals surface area contributed by atoms with E-state index in [2.05, 4.69) is 13.8 Å². The Morgan fingerprint density at radius 1 is 0.957 bits per heavy atom. The van der Waals surface area contributed by atoms with Crippen molar-refractivity contribution in [2.75, 3.05) is 13.2 Å². The van der Waals surface area contributed by atoms with Gasteiger partial charge < -0.3 is 9.47 Å². The second-order valence-corrected chi connectivity index (χ2v) is 7.03. The molecule has 1 rings (SSSR count). The SMILES string of the molecule is CCCCCCCCC(CCCCCC)C(=O)O[C@@H]1CCOC1. The molecule has 2 atom stereocenters. The minimum absolute atomic E-state index is 0.00481. The molecule has 0 aromatic carbocycles. The molecule has 0 amide bonds. The molecule has 3 heteroatoms. The third-order valence-electron chi connectivity index (χ3n) is 4.82. The van der Waals surface area contributed by atoms with Gasteiger partial charge in [0.25, 0.3) is 0 Å². The van der Waals surface area contributed by atoms with E-state index in [-0.39, 0.29) is 18.0 Å². The number of carbonyl (C=O) groups excluding carboxylic acids is 1. The smallest absolute Gasteiger partial charge is 0.309 e. The van der Waals surface area contributed by atoms with Crippen molar-refractivity contribution >= 4 is 5.97 Å². The standard InChI is InChI=1S/C20H38O3/c1-3-5-7-9-10-12-14-18(13-11-8-6-4-2)20(21)23-19-15-16-22-17-19/h18-19H,3-17H2,1-2H3/t18?,19-/m1/s1. The molecule has 1 fully saturated rings. The Labute approximate surface area is 143 Å². The van der Waals surface area contributed by atoms with Gasteiger partial charge in [0.05, 0.1) is 19.1 Å². The van der Waals surface area contributed by atoms with Gasteiger partial charge in [-0.15, -0.1) is 0 Å². The largest absolute Gasteiger partial charge is 0.460 e. The van der Waals surface area contributed by atoms with Crippen LogP contribution < -0.4 is 0 Å². The summed E-state index contributed by atoms with van der Waals surface area (Å²) in [6.45, 7) is 5.79. The van der Waals surface area contributed by atoms with Gasteiger partial charge >= 0.3 is 5.97 Å². The first kappa shape index (κ1) is 20.5. The molecule has 0 radical (unpaired) electrons. The zero-order valence-corrected chi connectivity index (χ0v) is 15.5. The molecule has 0 saturated carbocycles. The fraction of sp³-hybridized carbons (Fsp3) is 0.950. The summed E-state index contributed by atoms with van der Waals surface area (Å²) in [5.74, 6) is 0.143. The third-order valence-corrected chi connectivity index (χ3v) is 4.82. The third kappa shape index (κ3) is 10.0. The van der Waals surface area contributed by atoms with Crippen LogP contribution in [-0.4, -0.2) is 25.3 Å². The zero-order chi connectivity index (χ0) is 16.8. The van der Waals surface area contributed by atoms with Gasteiger partial charge in [-0.2, -0.15) is 0 Å². The van der Waals surface area contributed by atoms with Crippen LogP contribution in [0, 0.1) is 5.92 Å². The van der Waals surface area contributed by atoms with Crippen LogP contribution in [0.25, 0.3) is 0 Å². The van der Waals surface area contributed by atoms with Crippen molar-refractivity contribution < 1.29 is 14.3 Å². The van der Waals surface area contributed by atoms with Crippen molar-refractivity contribution in [1.29, 1.82) is 0 Å². The lowest BCUT2D eigenvalue weighted by Gasteiger charge is -2.18. The van der Waals surface area contributed by atoms with Gasteiger partial charge in [-0.3, -0.25) is 4.79 Å². The fourth-order valence-electron chi connectivity index (χ4n) is 3.23. The van der Waals surface area contributed by atoms with E-state index in [1.165, 1.54) is 57.8 Å². The summed E-state index contributed by atoms with van der Waals surface area (Å²) in [4.78, 5) is 12.5. The molecule has 0 N–H and O–H groups in total. The Balaban J connectivity index is 2.26. The first-order chi connectivity index (χ1) is 11.3. The van der Waals surface area contributed by atoms with Crippen LogP contribution in [0.3, 0.4) is 0 Å². The van der Waals surface area contributed by atoms with E-state index in [9.17, 15) is 4.79 Å². The van der Waals surface area contributed by atoms with E-state index < -0.39 is 0 Å². The number of carbonyl (C=O) groups is 1. The molecule has 136 valence electrons. The molecular weight excluding hydrogens is 288 g/mol. The van der Waals surface area contributed by atoms with Crippen LogP contribution >= 0.6 is 0 Å². The van der Waals surface area contributed by atoms with E-state index in [1.54, 1.807) is 0 Å². The van der Waals surface area contributed by atoms with Crippen molar-refractivity contribution in [3.63, 3.8) is 0 Å².